The van der Waals surface area contributed by atoms with Gasteiger partial charge < -0.3 is 10.1 Å². The molecule has 0 bridgehead atoms. The lowest BCUT2D eigenvalue weighted by molar-refractivity contribution is -0.126. The summed E-state index contributed by atoms with van der Waals surface area (Å²) in [6, 6.07) is 12.7. The molecule has 2 aromatic carbocycles. The van der Waals surface area contributed by atoms with Crippen LogP contribution < -0.4 is 15.5 Å². The van der Waals surface area contributed by atoms with E-state index in [9.17, 15) is 9.59 Å². The minimum absolute atomic E-state index is 0.202. The van der Waals surface area contributed by atoms with Crippen LogP contribution in [-0.4, -0.2) is 24.6 Å². The fourth-order valence-electron chi connectivity index (χ4n) is 2.29. The van der Waals surface area contributed by atoms with E-state index in [1.54, 1.807) is 24.3 Å². The molecule has 0 atom stereocenters. The van der Waals surface area contributed by atoms with E-state index in [4.69, 9.17) is 11.2 Å². The molecule has 0 aliphatic carbocycles. The van der Waals surface area contributed by atoms with E-state index in [2.05, 4.69) is 21.8 Å². The van der Waals surface area contributed by atoms with Crippen molar-refractivity contribution in [2.45, 2.75) is 20.3 Å². The van der Waals surface area contributed by atoms with Crippen molar-refractivity contribution >= 4 is 23.7 Å². The van der Waals surface area contributed by atoms with Crippen molar-refractivity contribution in [1.29, 1.82) is 0 Å². The third-order valence-corrected chi connectivity index (χ3v) is 3.58. The first-order chi connectivity index (χ1) is 13.0. The molecule has 0 radical (unpaired) electrons. The van der Waals surface area contributed by atoms with Crippen LogP contribution in [0.15, 0.2) is 47.6 Å². The number of terminal acetylenes is 1. The lowest BCUT2D eigenvalue weighted by Gasteiger charge is -2.08. The Morgan fingerprint density at radius 3 is 2.56 bits per heavy atom. The van der Waals surface area contributed by atoms with Gasteiger partial charge >= 0.3 is 0 Å². The number of nitrogens with one attached hydrogen (secondary N) is 2. The van der Waals surface area contributed by atoms with Gasteiger partial charge in [-0.1, -0.05) is 23.6 Å². The Balaban J connectivity index is 1.80. The van der Waals surface area contributed by atoms with Gasteiger partial charge in [0.1, 0.15) is 18.8 Å². The molecule has 0 unspecified atom stereocenters. The Bertz CT molecular complexity index is 881. The summed E-state index contributed by atoms with van der Waals surface area (Å²) in [4.78, 5) is 23.8. The van der Waals surface area contributed by atoms with Gasteiger partial charge in [0.15, 0.2) is 0 Å². The van der Waals surface area contributed by atoms with Crippen LogP contribution in [-0.2, 0) is 9.59 Å². The van der Waals surface area contributed by atoms with Crippen LogP contribution in [0.1, 0.15) is 23.1 Å². The highest BCUT2D eigenvalue weighted by Gasteiger charge is 2.10. The van der Waals surface area contributed by atoms with E-state index < -0.39 is 11.8 Å². The van der Waals surface area contributed by atoms with Crippen LogP contribution >= 0.6 is 0 Å². The van der Waals surface area contributed by atoms with E-state index in [-0.39, 0.29) is 13.0 Å². The van der Waals surface area contributed by atoms with E-state index in [1.165, 1.54) is 6.21 Å². The zero-order chi connectivity index (χ0) is 19.6. The molecule has 0 aliphatic rings. The molecule has 138 valence electrons. The first-order valence-electron chi connectivity index (χ1n) is 8.33. The SMILES string of the molecule is C#CCOc1ccc(C=NNC(=O)CC(=O)Nc2ccc(C)cc2C)cc1. The molecule has 27 heavy (non-hydrogen) atoms. The number of carbonyl (C=O) groups is 2. The largest absolute Gasteiger partial charge is 0.481 e. The Kier molecular flexibility index (Phi) is 7.15. The van der Waals surface area contributed by atoms with Crippen molar-refractivity contribution in [1.82, 2.24) is 5.43 Å². The maximum Gasteiger partial charge on any atom is 0.249 e. The van der Waals surface area contributed by atoms with Gasteiger partial charge in [-0.25, -0.2) is 5.43 Å². The fraction of sp³-hybridized carbons (Fsp3) is 0.190. The topological polar surface area (TPSA) is 79.8 Å². The molecular weight excluding hydrogens is 342 g/mol. The lowest BCUT2D eigenvalue weighted by atomic mass is 10.1. The van der Waals surface area contributed by atoms with Crippen molar-refractivity contribution < 1.29 is 14.3 Å². The number of nitrogens with zero attached hydrogens (tertiary/aromatic N) is 1. The average Bonchev–Trinajstić information content (AvgIpc) is 2.63. The maximum atomic E-state index is 12.0. The molecule has 0 aromatic heterocycles. The van der Waals surface area contributed by atoms with Crippen LogP contribution in [0.25, 0.3) is 0 Å². The van der Waals surface area contributed by atoms with Gasteiger partial charge in [0.25, 0.3) is 0 Å². The number of anilines is 1. The van der Waals surface area contributed by atoms with Crippen molar-refractivity contribution in [2.75, 3.05) is 11.9 Å². The van der Waals surface area contributed by atoms with E-state index in [0.717, 1.165) is 16.7 Å². The van der Waals surface area contributed by atoms with Crippen molar-refractivity contribution in [3.8, 4) is 18.1 Å². The van der Waals surface area contributed by atoms with E-state index >= 15 is 0 Å². The quantitative estimate of drug-likeness (QED) is 0.344. The number of aryl methyl sites for hydroxylation is 2. The normalized spacial score (nSPS) is 10.3. The molecule has 2 amide bonds. The number of amides is 2. The van der Waals surface area contributed by atoms with Gasteiger partial charge in [-0.15, -0.1) is 6.42 Å². The zero-order valence-corrected chi connectivity index (χ0v) is 15.3. The van der Waals surface area contributed by atoms with Gasteiger partial charge in [-0.3, -0.25) is 9.59 Å². The first-order valence-corrected chi connectivity index (χ1v) is 8.33. The molecule has 0 fully saturated rings. The minimum Gasteiger partial charge on any atom is -0.481 e. The zero-order valence-electron chi connectivity index (χ0n) is 15.3. The van der Waals surface area contributed by atoms with Gasteiger partial charge in [0, 0.05) is 5.69 Å². The van der Waals surface area contributed by atoms with Crippen LogP contribution in [0.4, 0.5) is 5.69 Å². The lowest BCUT2D eigenvalue weighted by Crippen LogP contribution is -2.24. The summed E-state index contributed by atoms with van der Waals surface area (Å²) in [7, 11) is 0. The summed E-state index contributed by atoms with van der Waals surface area (Å²) in [6.07, 6.45) is 6.29. The molecule has 0 saturated heterocycles. The van der Waals surface area contributed by atoms with Crippen molar-refractivity contribution in [3.05, 3.63) is 59.2 Å². The molecule has 0 heterocycles. The molecule has 0 saturated carbocycles. The Morgan fingerprint density at radius 1 is 1.15 bits per heavy atom. The summed E-state index contributed by atoms with van der Waals surface area (Å²) < 4.78 is 5.27. The third-order valence-electron chi connectivity index (χ3n) is 3.58. The van der Waals surface area contributed by atoms with E-state index in [0.29, 0.717) is 11.4 Å². The summed E-state index contributed by atoms with van der Waals surface area (Å²) in [5.74, 6) is 2.14. The van der Waals surface area contributed by atoms with Crippen molar-refractivity contribution in [2.24, 2.45) is 5.10 Å². The number of ether oxygens (including phenoxy) is 1. The molecule has 6 heteroatoms. The molecule has 2 aromatic rings. The predicted molar refractivity (Wildman–Crippen MR) is 106 cm³/mol. The van der Waals surface area contributed by atoms with Crippen LogP contribution in [0.5, 0.6) is 5.75 Å². The van der Waals surface area contributed by atoms with Crippen LogP contribution in [0.2, 0.25) is 0 Å². The number of carbonyl (C=O) groups excluding carboxylic acids is 2. The Labute approximate surface area is 158 Å². The first kappa shape index (κ1) is 19.7. The highest BCUT2D eigenvalue weighted by Crippen LogP contribution is 2.16. The number of hydrogen-bond acceptors (Lipinski definition) is 4. The predicted octanol–water partition coefficient (Wildman–Crippen LogP) is 2.79. The second kappa shape index (κ2) is 9.78. The second-order valence-electron chi connectivity index (χ2n) is 5.90. The smallest absolute Gasteiger partial charge is 0.249 e. The minimum atomic E-state index is -0.498. The van der Waals surface area contributed by atoms with Gasteiger partial charge in [-0.2, -0.15) is 5.10 Å². The third kappa shape index (κ3) is 6.67. The molecular formula is C21H21N3O3. The standard InChI is InChI=1S/C21H21N3O3/c1-4-11-27-18-8-6-17(7-9-18)14-22-24-21(26)13-20(25)23-19-10-5-15(2)12-16(19)3/h1,5-10,12,14H,11,13H2,2-3H3,(H,23,25)(H,24,26). The molecule has 6 nitrogen and oxygen atoms in total. The molecule has 0 spiro atoms. The monoisotopic (exact) mass is 363 g/mol. The average molecular weight is 363 g/mol. The highest BCUT2D eigenvalue weighted by atomic mass is 16.5. The number of hydrogen-bond donors (Lipinski definition) is 2. The van der Waals surface area contributed by atoms with Gasteiger partial charge in [0.05, 0.1) is 6.21 Å². The summed E-state index contributed by atoms with van der Waals surface area (Å²) in [5.41, 5.74) is 5.83. The molecule has 0 aliphatic heterocycles. The maximum absolute atomic E-state index is 12.0. The molecule has 2 rings (SSSR count). The van der Waals surface area contributed by atoms with Crippen molar-refractivity contribution in [3.63, 3.8) is 0 Å². The number of hydrazone groups is 1. The Morgan fingerprint density at radius 2 is 1.89 bits per heavy atom. The van der Waals surface area contributed by atoms with Crippen LogP contribution in [0, 0.1) is 26.2 Å². The fourth-order valence-corrected chi connectivity index (χ4v) is 2.29. The number of rotatable bonds is 7. The molecule has 2 N–H and O–H groups in total. The van der Waals surface area contributed by atoms with E-state index in [1.807, 2.05) is 32.0 Å². The van der Waals surface area contributed by atoms with Gasteiger partial charge in [-0.05, 0) is 55.3 Å². The van der Waals surface area contributed by atoms with Crippen LogP contribution in [0.3, 0.4) is 0 Å². The summed E-state index contributed by atoms with van der Waals surface area (Å²) >= 11 is 0. The Hall–Kier alpha value is -3.59. The summed E-state index contributed by atoms with van der Waals surface area (Å²) in [6.45, 7) is 4.07. The summed E-state index contributed by atoms with van der Waals surface area (Å²) in [5, 5.41) is 6.56. The second-order valence-corrected chi connectivity index (χ2v) is 5.90. The van der Waals surface area contributed by atoms with Gasteiger partial charge in [0.2, 0.25) is 11.8 Å². The number of benzene rings is 2. The highest BCUT2D eigenvalue weighted by molar-refractivity contribution is 6.04.